The maximum absolute atomic E-state index is 11.1. The standard InChI is InChI=1S/C11H18BrN3O2/c1-4-9-11(15(16)17)10(5-2)14(13-9)7-8(3)6-12/h8H,4-7H2,1-3H3. The third-order valence-electron chi connectivity index (χ3n) is 2.70. The third-order valence-corrected chi connectivity index (χ3v) is 3.81. The number of nitrogens with zero attached hydrogens (tertiary/aromatic N) is 3. The molecule has 1 aromatic heterocycles. The number of aromatic nitrogens is 2. The van der Waals surface area contributed by atoms with Crippen molar-refractivity contribution in [2.75, 3.05) is 5.33 Å². The third kappa shape index (κ3) is 3.06. The largest absolute Gasteiger partial charge is 0.313 e. The Morgan fingerprint density at radius 3 is 2.53 bits per heavy atom. The molecule has 1 unspecified atom stereocenters. The van der Waals surface area contributed by atoms with E-state index >= 15 is 0 Å². The summed E-state index contributed by atoms with van der Waals surface area (Å²) in [6.07, 6.45) is 1.23. The van der Waals surface area contributed by atoms with E-state index in [4.69, 9.17) is 0 Å². The second-order valence-electron chi connectivity index (χ2n) is 4.15. The van der Waals surface area contributed by atoms with Gasteiger partial charge in [-0.15, -0.1) is 0 Å². The minimum Gasteiger partial charge on any atom is -0.262 e. The predicted octanol–water partition coefficient (Wildman–Crippen LogP) is 2.95. The van der Waals surface area contributed by atoms with Crippen LogP contribution < -0.4 is 0 Å². The summed E-state index contributed by atoms with van der Waals surface area (Å²) in [6.45, 7) is 6.63. The molecule has 0 bridgehead atoms. The van der Waals surface area contributed by atoms with Crippen molar-refractivity contribution in [3.63, 3.8) is 0 Å². The van der Waals surface area contributed by atoms with E-state index in [9.17, 15) is 10.1 Å². The van der Waals surface area contributed by atoms with E-state index in [1.54, 1.807) is 4.68 Å². The summed E-state index contributed by atoms with van der Waals surface area (Å²) in [5.74, 6) is 0.407. The van der Waals surface area contributed by atoms with Crippen LogP contribution >= 0.6 is 15.9 Å². The molecule has 0 N–H and O–H groups in total. The molecule has 1 heterocycles. The number of hydrogen-bond acceptors (Lipinski definition) is 3. The molecule has 17 heavy (non-hydrogen) atoms. The van der Waals surface area contributed by atoms with Crippen molar-refractivity contribution in [1.29, 1.82) is 0 Å². The number of halogens is 1. The number of nitro groups is 1. The molecule has 0 aliphatic rings. The highest BCUT2D eigenvalue weighted by Crippen LogP contribution is 2.25. The fourth-order valence-corrected chi connectivity index (χ4v) is 2.04. The fourth-order valence-electron chi connectivity index (χ4n) is 1.84. The minimum atomic E-state index is -0.306. The van der Waals surface area contributed by atoms with Gasteiger partial charge in [-0.25, -0.2) is 0 Å². The van der Waals surface area contributed by atoms with Gasteiger partial charge in [-0.1, -0.05) is 36.7 Å². The van der Waals surface area contributed by atoms with Crippen molar-refractivity contribution in [3.05, 3.63) is 21.5 Å². The van der Waals surface area contributed by atoms with E-state index < -0.39 is 0 Å². The average Bonchev–Trinajstić information content (AvgIpc) is 2.66. The van der Waals surface area contributed by atoms with E-state index in [1.165, 1.54) is 0 Å². The molecular weight excluding hydrogens is 286 g/mol. The summed E-state index contributed by atoms with van der Waals surface area (Å²) in [5, 5.41) is 16.3. The van der Waals surface area contributed by atoms with Gasteiger partial charge in [0.05, 0.1) is 4.92 Å². The minimum absolute atomic E-state index is 0.205. The highest BCUT2D eigenvalue weighted by atomic mass is 79.9. The molecule has 6 heteroatoms. The first-order chi connectivity index (χ1) is 8.04. The number of hydrogen-bond donors (Lipinski definition) is 0. The maximum Gasteiger partial charge on any atom is 0.313 e. The Kier molecular flexibility index (Phi) is 5.11. The molecule has 5 nitrogen and oxygen atoms in total. The SMILES string of the molecule is CCc1nn(CC(C)CBr)c(CC)c1[N+](=O)[O-]. The molecule has 0 saturated carbocycles. The Morgan fingerprint density at radius 2 is 2.12 bits per heavy atom. The van der Waals surface area contributed by atoms with Crippen molar-refractivity contribution in [2.24, 2.45) is 5.92 Å². The normalized spacial score (nSPS) is 12.7. The van der Waals surface area contributed by atoms with Gasteiger partial charge < -0.3 is 0 Å². The van der Waals surface area contributed by atoms with Crippen LogP contribution in [0.25, 0.3) is 0 Å². The first-order valence-corrected chi connectivity index (χ1v) is 6.96. The van der Waals surface area contributed by atoms with Crippen LogP contribution in [0, 0.1) is 16.0 Å². The van der Waals surface area contributed by atoms with Crippen LogP contribution in [-0.2, 0) is 19.4 Å². The number of alkyl halides is 1. The Bertz CT molecular complexity index is 404. The summed E-state index contributed by atoms with van der Waals surface area (Å²) in [6, 6.07) is 0. The maximum atomic E-state index is 11.1. The van der Waals surface area contributed by atoms with Crippen molar-refractivity contribution in [3.8, 4) is 0 Å². The van der Waals surface area contributed by atoms with Crippen LogP contribution in [0.3, 0.4) is 0 Å². The van der Waals surface area contributed by atoms with E-state index in [0.29, 0.717) is 24.5 Å². The molecule has 0 amide bonds. The number of aryl methyl sites for hydroxylation is 1. The molecular formula is C11H18BrN3O2. The Morgan fingerprint density at radius 1 is 1.47 bits per heavy atom. The second kappa shape index (κ2) is 6.14. The lowest BCUT2D eigenvalue weighted by molar-refractivity contribution is -0.386. The van der Waals surface area contributed by atoms with Crippen LogP contribution in [0.15, 0.2) is 0 Å². The molecule has 0 fully saturated rings. The molecule has 1 aromatic rings. The fraction of sp³-hybridized carbons (Fsp3) is 0.727. The van der Waals surface area contributed by atoms with Crippen molar-refractivity contribution >= 4 is 21.6 Å². The molecule has 0 aromatic carbocycles. The monoisotopic (exact) mass is 303 g/mol. The van der Waals surface area contributed by atoms with Gasteiger partial charge in [0.1, 0.15) is 11.4 Å². The zero-order valence-corrected chi connectivity index (χ0v) is 12.0. The zero-order valence-electron chi connectivity index (χ0n) is 10.4. The van der Waals surface area contributed by atoms with Gasteiger partial charge in [-0.05, 0) is 18.8 Å². The first kappa shape index (κ1) is 14.2. The lowest BCUT2D eigenvalue weighted by Gasteiger charge is -2.09. The first-order valence-electron chi connectivity index (χ1n) is 5.83. The van der Waals surface area contributed by atoms with Gasteiger partial charge >= 0.3 is 5.69 Å². The summed E-state index contributed by atoms with van der Waals surface area (Å²) in [5.41, 5.74) is 1.53. The van der Waals surface area contributed by atoms with Gasteiger partial charge in [0, 0.05) is 11.9 Å². The molecule has 96 valence electrons. The lowest BCUT2D eigenvalue weighted by atomic mass is 10.2. The van der Waals surface area contributed by atoms with E-state index in [2.05, 4.69) is 28.0 Å². The van der Waals surface area contributed by atoms with Gasteiger partial charge in [-0.2, -0.15) is 5.10 Å². The van der Waals surface area contributed by atoms with Crippen molar-refractivity contribution in [2.45, 2.75) is 40.2 Å². The highest BCUT2D eigenvalue weighted by molar-refractivity contribution is 9.09. The van der Waals surface area contributed by atoms with Gasteiger partial charge in [-0.3, -0.25) is 14.8 Å². The topological polar surface area (TPSA) is 61.0 Å². The van der Waals surface area contributed by atoms with E-state index in [1.807, 2.05) is 13.8 Å². The van der Waals surface area contributed by atoms with Crippen LogP contribution in [0.1, 0.15) is 32.2 Å². The number of rotatable bonds is 6. The molecule has 0 saturated heterocycles. The van der Waals surface area contributed by atoms with Crippen LogP contribution in [0.5, 0.6) is 0 Å². The van der Waals surface area contributed by atoms with Gasteiger partial charge in [0.2, 0.25) is 0 Å². The Labute approximate surface area is 109 Å². The summed E-state index contributed by atoms with van der Waals surface area (Å²) >= 11 is 3.42. The van der Waals surface area contributed by atoms with Crippen LogP contribution in [-0.4, -0.2) is 20.0 Å². The quantitative estimate of drug-likeness (QED) is 0.461. The smallest absolute Gasteiger partial charge is 0.262 e. The van der Waals surface area contributed by atoms with Crippen LogP contribution in [0.2, 0.25) is 0 Å². The molecule has 1 atom stereocenters. The molecule has 1 rings (SSSR count). The molecule has 0 spiro atoms. The van der Waals surface area contributed by atoms with Gasteiger partial charge in [0.25, 0.3) is 0 Å². The van der Waals surface area contributed by atoms with Gasteiger partial charge in [0.15, 0.2) is 0 Å². The van der Waals surface area contributed by atoms with Crippen molar-refractivity contribution < 1.29 is 4.92 Å². The molecule has 0 radical (unpaired) electrons. The van der Waals surface area contributed by atoms with E-state index in [0.717, 1.165) is 17.6 Å². The van der Waals surface area contributed by atoms with E-state index in [-0.39, 0.29) is 10.6 Å². The average molecular weight is 304 g/mol. The second-order valence-corrected chi connectivity index (χ2v) is 4.80. The predicted molar refractivity (Wildman–Crippen MR) is 70.6 cm³/mol. The zero-order chi connectivity index (χ0) is 13.0. The molecule has 0 aliphatic carbocycles. The molecule has 0 aliphatic heterocycles. The summed E-state index contributed by atoms with van der Waals surface area (Å²) in [7, 11) is 0. The Balaban J connectivity index is 3.17. The van der Waals surface area contributed by atoms with Crippen LogP contribution in [0.4, 0.5) is 5.69 Å². The summed E-state index contributed by atoms with van der Waals surface area (Å²) < 4.78 is 1.79. The Hall–Kier alpha value is -0.910. The summed E-state index contributed by atoms with van der Waals surface area (Å²) in [4.78, 5) is 10.8. The highest BCUT2D eigenvalue weighted by Gasteiger charge is 2.25. The lowest BCUT2D eigenvalue weighted by Crippen LogP contribution is -2.13. The van der Waals surface area contributed by atoms with Crippen molar-refractivity contribution in [1.82, 2.24) is 9.78 Å².